The molecule has 6 nitrogen and oxygen atoms in total. The predicted octanol–water partition coefficient (Wildman–Crippen LogP) is 2.41. The van der Waals surface area contributed by atoms with Crippen molar-refractivity contribution >= 4 is 5.96 Å². The van der Waals surface area contributed by atoms with E-state index >= 15 is 0 Å². The number of hydrogen-bond donors (Lipinski definition) is 2. The van der Waals surface area contributed by atoms with Crippen molar-refractivity contribution in [1.82, 2.24) is 15.5 Å². The Morgan fingerprint density at radius 2 is 2.08 bits per heavy atom. The van der Waals surface area contributed by atoms with E-state index in [1.807, 2.05) is 6.92 Å². The van der Waals surface area contributed by atoms with Crippen molar-refractivity contribution in [1.29, 1.82) is 0 Å². The quantitative estimate of drug-likeness (QED) is 0.576. The van der Waals surface area contributed by atoms with E-state index in [1.165, 1.54) is 5.56 Å². The number of aliphatic imine (C=N–C) groups is 1. The van der Waals surface area contributed by atoms with Crippen molar-refractivity contribution in [3.05, 3.63) is 23.3 Å². The van der Waals surface area contributed by atoms with Crippen molar-refractivity contribution in [3.63, 3.8) is 0 Å². The van der Waals surface area contributed by atoms with Crippen molar-refractivity contribution in [2.75, 3.05) is 34.3 Å². The van der Waals surface area contributed by atoms with Gasteiger partial charge in [-0.1, -0.05) is 0 Å². The van der Waals surface area contributed by atoms with E-state index in [2.05, 4.69) is 67.5 Å². The Balaban J connectivity index is 2.04. The van der Waals surface area contributed by atoms with Crippen LogP contribution in [0.1, 0.15) is 38.8 Å². The Kier molecular flexibility index (Phi) is 6.75. The van der Waals surface area contributed by atoms with Crippen molar-refractivity contribution in [2.45, 2.75) is 52.3 Å². The molecule has 0 fully saturated rings. The highest BCUT2D eigenvalue weighted by Crippen LogP contribution is 2.35. The van der Waals surface area contributed by atoms with Crippen LogP contribution in [-0.2, 0) is 13.0 Å². The van der Waals surface area contributed by atoms with E-state index in [0.717, 1.165) is 36.0 Å². The van der Waals surface area contributed by atoms with Gasteiger partial charge in [0.1, 0.15) is 17.6 Å². The van der Waals surface area contributed by atoms with Gasteiger partial charge in [-0.05, 0) is 53.9 Å². The molecule has 1 aromatic carbocycles. The average Bonchev–Trinajstić information content (AvgIpc) is 2.94. The summed E-state index contributed by atoms with van der Waals surface area (Å²) in [5.74, 6) is 2.66. The summed E-state index contributed by atoms with van der Waals surface area (Å²) in [4.78, 5) is 6.52. The van der Waals surface area contributed by atoms with Crippen LogP contribution in [0.4, 0.5) is 0 Å². The summed E-state index contributed by atoms with van der Waals surface area (Å²) in [6, 6.07) is 4.21. The Bertz CT molecular complexity index is 641. The minimum absolute atomic E-state index is 0.0334. The smallest absolute Gasteiger partial charge is 0.191 e. The number of ether oxygens (including phenoxy) is 2. The Morgan fingerprint density at radius 3 is 2.69 bits per heavy atom. The molecule has 2 N–H and O–H groups in total. The zero-order chi connectivity index (χ0) is 19.3. The lowest BCUT2D eigenvalue weighted by Gasteiger charge is -2.33. The average molecular weight is 363 g/mol. The molecule has 26 heavy (non-hydrogen) atoms. The molecule has 0 saturated heterocycles. The molecule has 0 amide bonds. The van der Waals surface area contributed by atoms with Crippen LogP contribution in [0.25, 0.3) is 0 Å². The number of likely N-dealkylation sites (N-methyl/N-ethyl adjacent to an activating group) is 1. The molecule has 0 saturated carbocycles. The molecule has 0 spiro atoms. The summed E-state index contributed by atoms with van der Waals surface area (Å²) in [6.45, 7) is 10.6. The SMILES string of the molecule is CCOc1cc2c(cc1CNC(=NC)NCC(C)(C)N(C)C)OC(C)C2. The monoisotopic (exact) mass is 362 g/mol. The fourth-order valence-electron chi connectivity index (χ4n) is 2.77. The second-order valence-electron chi connectivity index (χ2n) is 7.62. The van der Waals surface area contributed by atoms with Crippen LogP contribution in [0.3, 0.4) is 0 Å². The van der Waals surface area contributed by atoms with Crippen LogP contribution in [0.5, 0.6) is 11.5 Å². The molecule has 0 bridgehead atoms. The van der Waals surface area contributed by atoms with E-state index in [0.29, 0.717) is 13.2 Å². The van der Waals surface area contributed by atoms with Gasteiger partial charge >= 0.3 is 0 Å². The molecule has 1 aliphatic rings. The van der Waals surface area contributed by atoms with Crippen LogP contribution >= 0.6 is 0 Å². The number of benzene rings is 1. The van der Waals surface area contributed by atoms with Crippen LogP contribution < -0.4 is 20.1 Å². The maximum Gasteiger partial charge on any atom is 0.191 e. The molecular formula is C20H34N4O2. The largest absolute Gasteiger partial charge is 0.494 e. The minimum atomic E-state index is 0.0334. The first-order chi connectivity index (χ1) is 12.3. The molecule has 1 unspecified atom stereocenters. The maximum absolute atomic E-state index is 5.90. The van der Waals surface area contributed by atoms with Gasteiger partial charge in [-0.2, -0.15) is 0 Å². The second-order valence-corrected chi connectivity index (χ2v) is 7.62. The van der Waals surface area contributed by atoms with E-state index in [1.54, 1.807) is 7.05 Å². The molecule has 6 heteroatoms. The van der Waals surface area contributed by atoms with Gasteiger partial charge in [-0.3, -0.25) is 4.99 Å². The van der Waals surface area contributed by atoms with E-state index in [9.17, 15) is 0 Å². The van der Waals surface area contributed by atoms with Crippen LogP contribution in [0, 0.1) is 0 Å². The first kappa shape index (κ1) is 20.4. The van der Waals surface area contributed by atoms with Crippen molar-refractivity contribution in [2.24, 2.45) is 4.99 Å². The summed E-state index contributed by atoms with van der Waals surface area (Å²) >= 11 is 0. The highest BCUT2D eigenvalue weighted by molar-refractivity contribution is 5.79. The second kappa shape index (κ2) is 8.62. The minimum Gasteiger partial charge on any atom is -0.494 e. The van der Waals surface area contributed by atoms with Gasteiger partial charge in [0, 0.05) is 43.2 Å². The number of fused-ring (bicyclic) bond motifs is 1. The highest BCUT2D eigenvalue weighted by atomic mass is 16.5. The van der Waals surface area contributed by atoms with Gasteiger partial charge in [-0.25, -0.2) is 0 Å². The molecule has 1 heterocycles. The number of nitrogens with one attached hydrogen (secondary N) is 2. The number of nitrogens with zero attached hydrogens (tertiary/aromatic N) is 2. The third-order valence-corrected chi connectivity index (χ3v) is 4.95. The lowest BCUT2D eigenvalue weighted by Crippen LogP contribution is -2.50. The summed E-state index contributed by atoms with van der Waals surface area (Å²) in [7, 11) is 5.95. The van der Waals surface area contributed by atoms with Crippen molar-refractivity contribution < 1.29 is 9.47 Å². The van der Waals surface area contributed by atoms with Crippen LogP contribution in [-0.4, -0.2) is 56.8 Å². The van der Waals surface area contributed by atoms with Gasteiger partial charge < -0.3 is 25.0 Å². The van der Waals surface area contributed by atoms with Crippen LogP contribution in [0.2, 0.25) is 0 Å². The Morgan fingerprint density at radius 1 is 1.35 bits per heavy atom. The number of hydrogen-bond acceptors (Lipinski definition) is 4. The zero-order valence-corrected chi connectivity index (χ0v) is 17.3. The fourth-order valence-corrected chi connectivity index (χ4v) is 2.77. The third kappa shape index (κ3) is 5.04. The fraction of sp³-hybridized carbons (Fsp3) is 0.650. The molecule has 146 valence electrons. The topological polar surface area (TPSA) is 58.1 Å². The lowest BCUT2D eigenvalue weighted by molar-refractivity contribution is 0.197. The van der Waals surface area contributed by atoms with Gasteiger partial charge in [-0.15, -0.1) is 0 Å². The summed E-state index contributed by atoms with van der Waals surface area (Å²) in [5.41, 5.74) is 2.33. The van der Waals surface area contributed by atoms with E-state index < -0.39 is 0 Å². The molecule has 0 aromatic heterocycles. The number of guanidine groups is 1. The summed E-state index contributed by atoms with van der Waals surface area (Å²) in [6.07, 6.45) is 1.16. The summed E-state index contributed by atoms with van der Waals surface area (Å²) < 4.78 is 11.7. The zero-order valence-electron chi connectivity index (χ0n) is 17.3. The molecule has 2 rings (SSSR count). The molecule has 1 atom stereocenters. The van der Waals surface area contributed by atoms with Gasteiger partial charge in [0.25, 0.3) is 0 Å². The molecule has 1 aliphatic heterocycles. The highest BCUT2D eigenvalue weighted by Gasteiger charge is 2.23. The first-order valence-corrected chi connectivity index (χ1v) is 9.34. The number of rotatable bonds is 7. The van der Waals surface area contributed by atoms with E-state index in [4.69, 9.17) is 9.47 Å². The predicted molar refractivity (Wildman–Crippen MR) is 107 cm³/mol. The maximum atomic E-state index is 5.90. The van der Waals surface area contributed by atoms with Gasteiger partial charge in [0.15, 0.2) is 5.96 Å². The van der Waals surface area contributed by atoms with E-state index in [-0.39, 0.29) is 11.6 Å². The van der Waals surface area contributed by atoms with Gasteiger partial charge in [0.2, 0.25) is 0 Å². The third-order valence-electron chi connectivity index (χ3n) is 4.95. The van der Waals surface area contributed by atoms with Gasteiger partial charge in [0.05, 0.1) is 6.61 Å². The molecule has 1 aromatic rings. The summed E-state index contributed by atoms with van der Waals surface area (Å²) in [5, 5.41) is 6.78. The molecule has 0 radical (unpaired) electrons. The lowest BCUT2D eigenvalue weighted by atomic mass is 10.0. The normalized spacial score (nSPS) is 17.1. The standard InChI is InChI=1S/C20H34N4O2/c1-8-25-17-10-15-9-14(2)26-18(15)11-16(17)12-22-19(21-5)23-13-20(3,4)24(6)7/h10-11,14H,8-9,12-13H2,1-7H3,(H2,21,22,23). The van der Waals surface area contributed by atoms with Crippen molar-refractivity contribution in [3.8, 4) is 11.5 Å². The molecule has 0 aliphatic carbocycles. The first-order valence-electron chi connectivity index (χ1n) is 9.34. The molecular weight excluding hydrogens is 328 g/mol. The van der Waals surface area contributed by atoms with Crippen LogP contribution in [0.15, 0.2) is 17.1 Å². The Labute approximate surface area is 158 Å². The Hall–Kier alpha value is -1.95.